The maximum atomic E-state index is 12.7. The van der Waals surface area contributed by atoms with Gasteiger partial charge in [-0.05, 0) is 43.9 Å². The Labute approximate surface area is 165 Å². The average molecular weight is 454 g/mol. The summed E-state index contributed by atoms with van der Waals surface area (Å²) in [5.74, 6) is -0.459. The van der Waals surface area contributed by atoms with Crippen molar-refractivity contribution in [1.29, 1.82) is 0 Å². The summed E-state index contributed by atoms with van der Waals surface area (Å²) in [4.78, 5) is 12.7. The first-order chi connectivity index (χ1) is 13.0. The smallest absolute Gasteiger partial charge is 0.291 e. The Hall–Kier alpha value is -2.20. The maximum Gasteiger partial charge on any atom is 0.291 e. The van der Waals surface area contributed by atoms with Crippen molar-refractivity contribution in [3.05, 3.63) is 50.7 Å². The summed E-state index contributed by atoms with van der Waals surface area (Å²) < 4.78 is 28.0. The Morgan fingerprint density at radius 2 is 2.07 bits per heavy atom. The second-order valence-corrected chi connectivity index (χ2v) is 8.00. The standard InChI is InChI=1S/C17H14BrF2N5OS/c18-9-4-3-5-10(8-9)25-12-7-2-1-6-11(12)13(24-25)15(26)21-17-23-22-16(27-17)14(19)20/h3-5,8,14H,1-2,6-7H2,(H,21,23,26). The minimum absolute atomic E-state index is 0.0388. The number of aromatic nitrogens is 4. The van der Waals surface area contributed by atoms with Gasteiger partial charge in [0.1, 0.15) is 0 Å². The number of carbonyl (C=O) groups is 1. The van der Waals surface area contributed by atoms with E-state index in [9.17, 15) is 13.6 Å². The second kappa shape index (κ2) is 7.43. The Bertz CT molecular complexity index is 1000. The molecule has 1 aromatic carbocycles. The lowest BCUT2D eigenvalue weighted by Gasteiger charge is -2.14. The van der Waals surface area contributed by atoms with E-state index in [1.807, 2.05) is 24.3 Å². The van der Waals surface area contributed by atoms with Crippen LogP contribution in [0.4, 0.5) is 13.9 Å². The van der Waals surface area contributed by atoms with Crippen LogP contribution in [-0.4, -0.2) is 25.9 Å². The first kappa shape index (κ1) is 18.2. The SMILES string of the molecule is O=C(Nc1nnc(C(F)F)s1)c1nn(-c2cccc(Br)c2)c2c1CCCC2. The van der Waals surface area contributed by atoms with E-state index in [-0.39, 0.29) is 5.13 Å². The summed E-state index contributed by atoms with van der Waals surface area (Å²) in [6.07, 6.45) is 0.880. The van der Waals surface area contributed by atoms with E-state index >= 15 is 0 Å². The van der Waals surface area contributed by atoms with Crippen molar-refractivity contribution >= 4 is 38.3 Å². The van der Waals surface area contributed by atoms with Gasteiger partial charge in [0.2, 0.25) is 5.13 Å². The molecule has 1 N–H and O–H groups in total. The topological polar surface area (TPSA) is 72.7 Å². The van der Waals surface area contributed by atoms with Gasteiger partial charge in [-0.2, -0.15) is 5.10 Å². The van der Waals surface area contributed by atoms with Crippen LogP contribution in [-0.2, 0) is 12.8 Å². The highest BCUT2D eigenvalue weighted by molar-refractivity contribution is 9.10. The third kappa shape index (κ3) is 3.63. The van der Waals surface area contributed by atoms with Crippen LogP contribution >= 0.6 is 27.3 Å². The molecule has 0 radical (unpaired) electrons. The highest BCUT2D eigenvalue weighted by Gasteiger charge is 2.26. The predicted octanol–water partition coefficient (Wildman–Crippen LogP) is 4.56. The highest BCUT2D eigenvalue weighted by Crippen LogP contribution is 2.29. The van der Waals surface area contributed by atoms with Crippen LogP contribution in [0.3, 0.4) is 0 Å². The molecule has 0 spiro atoms. The lowest BCUT2D eigenvalue weighted by atomic mass is 9.95. The summed E-state index contributed by atoms with van der Waals surface area (Å²) in [5, 5.41) is 13.7. The molecule has 0 fully saturated rings. The number of halogens is 3. The number of amides is 1. The third-order valence-corrected chi connectivity index (χ3v) is 5.64. The molecule has 0 saturated heterocycles. The fourth-order valence-corrected chi connectivity index (χ4v) is 4.11. The number of hydrogen-bond acceptors (Lipinski definition) is 5. The fraction of sp³-hybridized carbons (Fsp3) is 0.294. The quantitative estimate of drug-likeness (QED) is 0.628. The number of carbonyl (C=O) groups excluding carboxylic acids is 1. The summed E-state index contributed by atoms with van der Waals surface area (Å²) >= 11 is 4.12. The lowest BCUT2D eigenvalue weighted by Crippen LogP contribution is -2.15. The zero-order chi connectivity index (χ0) is 19.0. The van der Waals surface area contributed by atoms with Crippen molar-refractivity contribution < 1.29 is 13.6 Å². The van der Waals surface area contributed by atoms with Crippen LogP contribution in [0, 0.1) is 0 Å². The molecule has 4 rings (SSSR count). The molecule has 0 unspecified atom stereocenters. The number of benzene rings is 1. The Morgan fingerprint density at radius 1 is 1.26 bits per heavy atom. The summed E-state index contributed by atoms with van der Waals surface area (Å²) in [6, 6.07) is 7.68. The molecule has 27 heavy (non-hydrogen) atoms. The molecule has 0 saturated carbocycles. The second-order valence-electron chi connectivity index (χ2n) is 6.07. The van der Waals surface area contributed by atoms with Crippen LogP contribution in [0.5, 0.6) is 0 Å². The number of hydrogen-bond donors (Lipinski definition) is 1. The monoisotopic (exact) mass is 453 g/mol. The molecule has 0 atom stereocenters. The third-order valence-electron chi connectivity index (χ3n) is 4.30. The van der Waals surface area contributed by atoms with E-state index < -0.39 is 17.3 Å². The number of nitrogens with zero attached hydrogens (tertiary/aromatic N) is 4. The summed E-state index contributed by atoms with van der Waals surface area (Å²) in [5.41, 5.74) is 3.07. The van der Waals surface area contributed by atoms with Gasteiger partial charge < -0.3 is 0 Å². The predicted molar refractivity (Wildman–Crippen MR) is 101 cm³/mol. The summed E-state index contributed by atoms with van der Waals surface area (Å²) in [6.45, 7) is 0. The van der Waals surface area contributed by atoms with Gasteiger partial charge in [-0.3, -0.25) is 10.1 Å². The van der Waals surface area contributed by atoms with Crippen molar-refractivity contribution in [2.75, 3.05) is 5.32 Å². The zero-order valence-electron chi connectivity index (χ0n) is 14.0. The van der Waals surface area contributed by atoms with Crippen molar-refractivity contribution in [2.24, 2.45) is 0 Å². The largest absolute Gasteiger partial charge is 0.295 e. The molecule has 0 bridgehead atoms. The van der Waals surface area contributed by atoms with E-state index in [1.165, 1.54) is 0 Å². The zero-order valence-corrected chi connectivity index (χ0v) is 16.4. The van der Waals surface area contributed by atoms with E-state index in [4.69, 9.17) is 0 Å². The van der Waals surface area contributed by atoms with Crippen molar-refractivity contribution in [2.45, 2.75) is 32.1 Å². The maximum absolute atomic E-state index is 12.7. The van der Waals surface area contributed by atoms with Crippen molar-refractivity contribution in [3.8, 4) is 5.69 Å². The molecule has 3 aromatic rings. The van der Waals surface area contributed by atoms with Crippen LogP contribution in [0.15, 0.2) is 28.7 Å². The number of nitrogens with one attached hydrogen (secondary N) is 1. The van der Waals surface area contributed by atoms with Crippen LogP contribution in [0.25, 0.3) is 5.69 Å². The van der Waals surface area contributed by atoms with Gasteiger partial charge in [-0.25, -0.2) is 13.5 Å². The van der Waals surface area contributed by atoms with Gasteiger partial charge >= 0.3 is 0 Å². The molecule has 1 amide bonds. The van der Waals surface area contributed by atoms with E-state index in [2.05, 4.69) is 36.5 Å². The Kier molecular flexibility index (Phi) is 5.00. The van der Waals surface area contributed by atoms with Gasteiger partial charge in [-0.15, -0.1) is 10.2 Å². The minimum Gasteiger partial charge on any atom is -0.295 e. The molecule has 6 nitrogen and oxygen atoms in total. The number of alkyl halides is 2. The molecule has 1 aliphatic rings. The highest BCUT2D eigenvalue weighted by atomic mass is 79.9. The fourth-order valence-electron chi connectivity index (χ4n) is 3.13. The molecule has 140 valence electrons. The first-order valence-electron chi connectivity index (χ1n) is 8.32. The molecule has 1 aliphatic carbocycles. The van der Waals surface area contributed by atoms with E-state index in [0.717, 1.165) is 47.1 Å². The first-order valence-corrected chi connectivity index (χ1v) is 9.93. The molecule has 0 aliphatic heterocycles. The van der Waals surface area contributed by atoms with Crippen molar-refractivity contribution in [1.82, 2.24) is 20.0 Å². The van der Waals surface area contributed by atoms with Crippen LogP contribution in [0.2, 0.25) is 0 Å². The van der Waals surface area contributed by atoms with E-state index in [0.29, 0.717) is 17.0 Å². The molecule has 2 heterocycles. The molecular formula is C17H14BrF2N5OS. The molecular weight excluding hydrogens is 440 g/mol. The molecule has 10 heteroatoms. The van der Waals surface area contributed by atoms with Crippen LogP contribution < -0.4 is 5.32 Å². The Morgan fingerprint density at radius 3 is 2.81 bits per heavy atom. The van der Waals surface area contributed by atoms with E-state index in [1.54, 1.807) is 4.68 Å². The summed E-state index contributed by atoms with van der Waals surface area (Å²) in [7, 11) is 0. The van der Waals surface area contributed by atoms with Gasteiger partial charge in [0, 0.05) is 15.7 Å². The van der Waals surface area contributed by atoms with Gasteiger partial charge in [0.25, 0.3) is 12.3 Å². The number of rotatable bonds is 4. The average Bonchev–Trinajstić information content (AvgIpc) is 3.26. The molecule has 2 aromatic heterocycles. The Balaban J connectivity index is 1.68. The number of anilines is 1. The normalized spacial score (nSPS) is 13.6. The number of fused-ring (bicyclic) bond motifs is 1. The van der Waals surface area contributed by atoms with Crippen molar-refractivity contribution in [3.63, 3.8) is 0 Å². The van der Waals surface area contributed by atoms with Gasteiger partial charge in [0.15, 0.2) is 10.7 Å². The van der Waals surface area contributed by atoms with Crippen LogP contribution in [0.1, 0.15) is 46.0 Å². The van der Waals surface area contributed by atoms with Gasteiger partial charge in [-0.1, -0.05) is 33.3 Å². The van der Waals surface area contributed by atoms with Gasteiger partial charge in [0.05, 0.1) is 5.69 Å². The lowest BCUT2D eigenvalue weighted by molar-refractivity contribution is 0.102. The minimum atomic E-state index is -2.71.